The molecule has 1 heterocycles. The maximum atomic E-state index is 11.1. The summed E-state index contributed by atoms with van der Waals surface area (Å²) in [7, 11) is 0. The van der Waals surface area contributed by atoms with Crippen LogP contribution in [0.2, 0.25) is 10.2 Å². The normalized spacial score (nSPS) is 21.6. The first-order valence-corrected chi connectivity index (χ1v) is 5.26. The van der Waals surface area contributed by atoms with Gasteiger partial charge < -0.3 is 0 Å². The fourth-order valence-electron chi connectivity index (χ4n) is 1.77. The molecular weight excluding hydrogens is 221 g/mol. The van der Waals surface area contributed by atoms with Gasteiger partial charge in [0.25, 0.3) is 0 Å². The van der Waals surface area contributed by atoms with Crippen LogP contribution in [0, 0.1) is 0 Å². The predicted molar refractivity (Wildman–Crippen MR) is 55.9 cm³/mol. The van der Waals surface area contributed by atoms with Crippen LogP contribution in [0.3, 0.4) is 0 Å². The summed E-state index contributed by atoms with van der Waals surface area (Å²) in [5.41, 5.74) is 0.769. The largest absolute Gasteiger partial charge is 0.300 e. The number of hydrogen-bond acceptors (Lipinski definition) is 2. The van der Waals surface area contributed by atoms with Crippen LogP contribution < -0.4 is 0 Å². The van der Waals surface area contributed by atoms with Crippen LogP contribution in [0.4, 0.5) is 0 Å². The van der Waals surface area contributed by atoms with E-state index in [4.69, 9.17) is 23.2 Å². The van der Waals surface area contributed by atoms with Crippen molar-refractivity contribution in [3.63, 3.8) is 0 Å². The SMILES string of the molecule is O=C1CCC(c2nc(Cl)ccc2Cl)C1. The van der Waals surface area contributed by atoms with Crippen LogP contribution in [0.1, 0.15) is 30.9 Å². The number of carbonyl (C=O) groups is 1. The smallest absolute Gasteiger partial charge is 0.133 e. The third kappa shape index (κ3) is 1.91. The molecule has 1 fully saturated rings. The Balaban J connectivity index is 2.31. The zero-order valence-corrected chi connectivity index (χ0v) is 8.98. The quantitative estimate of drug-likeness (QED) is 0.693. The number of aromatic nitrogens is 1. The van der Waals surface area contributed by atoms with E-state index in [0.717, 1.165) is 12.1 Å². The standard InChI is InChI=1S/C10H9Cl2NO/c11-8-3-4-9(12)13-10(8)6-1-2-7(14)5-6/h3-4,6H,1-2,5H2. The van der Waals surface area contributed by atoms with Gasteiger partial charge in [0.15, 0.2) is 0 Å². The second kappa shape index (κ2) is 3.87. The van der Waals surface area contributed by atoms with Crippen molar-refractivity contribution in [3.8, 4) is 0 Å². The van der Waals surface area contributed by atoms with Crippen LogP contribution in [0.25, 0.3) is 0 Å². The van der Waals surface area contributed by atoms with E-state index in [1.165, 1.54) is 0 Å². The highest BCUT2D eigenvalue weighted by molar-refractivity contribution is 6.32. The molecule has 0 aromatic carbocycles. The summed E-state index contributed by atoms with van der Waals surface area (Å²) in [6.45, 7) is 0. The summed E-state index contributed by atoms with van der Waals surface area (Å²) in [5, 5.41) is 1.04. The summed E-state index contributed by atoms with van der Waals surface area (Å²) in [4.78, 5) is 15.3. The lowest BCUT2D eigenvalue weighted by atomic mass is 10.0. The Hall–Kier alpha value is -0.600. The van der Waals surface area contributed by atoms with E-state index < -0.39 is 0 Å². The first-order valence-electron chi connectivity index (χ1n) is 4.50. The van der Waals surface area contributed by atoms with Crippen molar-refractivity contribution in [1.29, 1.82) is 0 Å². The van der Waals surface area contributed by atoms with Gasteiger partial charge >= 0.3 is 0 Å². The molecule has 74 valence electrons. The minimum Gasteiger partial charge on any atom is -0.300 e. The van der Waals surface area contributed by atoms with Crippen LogP contribution in [-0.2, 0) is 4.79 Å². The van der Waals surface area contributed by atoms with E-state index in [0.29, 0.717) is 23.0 Å². The molecule has 1 aliphatic carbocycles. The van der Waals surface area contributed by atoms with Gasteiger partial charge in [-0.2, -0.15) is 0 Å². The molecule has 0 aliphatic heterocycles. The predicted octanol–water partition coefficient (Wildman–Crippen LogP) is 3.23. The summed E-state index contributed by atoms with van der Waals surface area (Å²) in [6.07, 6.45) is 2.02. The van der Waals surface area contributed by atoms with Gasteiger partial charge in [0.1, 0.15) is 10.9 Å². The molecule has 2 nitrogen and oxygen atoms in total. The second-order valence-electron chi connectivity index (χ2n) is 3.48. The van der Waals surface area contributed by atoms with Gasteiger partial charge in [0.05, 0.1) is 10.7 Å². The number of pyridine rings is 1. The van der Waals surface area contributed by atoms with E-state index in [9.17, 15) is 4.79 Å². The first kappa shape index (κ1) is 9.94. The number of Topliss-reactive ketones (excluding diaryl/α,β-unsaturated/α-hetero) is 1. The maximum absolute atomic E-state index is 11.1. The highest BCUT2D eigenvalue weighted by atomic mass is 35.5. The van der Waals surface area contributed by atoms with Crippen LogP contribution in [-0.4, -0.2) is 10.8 Å². The van der Waals surface area contributed by atoms with Crippen molar-refractivity contribution in [2.24, 2.45) is 0 Å². The molecule has 0 radical (unpaired) electrons. The Morgan fingerprint density at radius 3 is 2.79 bits per heavy atom. The third-order valence-corrected chi connectivity index (χ3v) is 3.00. The molecule has 1 saturated carbocycles. The van der Waals surface area contributed by atoms with E-state index in [1.54, 1.807) is 12.1 Å². The van der Waals surface area contributed by atoms with E-state index in [1.807, 2.05) is 0 Å². The average Bonchev–Trinajstić information content (AvgIpc) is 2.56. The zero-order chi connectivity index (χ0) is 10.1. The van der Waals surface area contributed by atoms with Gasteiger partial charge in [0.2, 0.25) is 0 Å². The van der Waals surface area contributed by atoms with Crippen LogP contribution in [0.15, 0.2) is 12.1 Å². The number of carbonyl (C=O) groups excluding carboxylic acids is 1. The highest BCUT2D eigenvalue weighted by Gasteiger charge is 2.26. The second-order valence-corrected chi connectivity index (χ2v) is 4.27. The minimum atomic E-state index is 0.161. The van der Waals surface area contributed by atoms with Gasteiger partial charge in [-0.05, 0) is 18.6 Å². The summed E-state index contributed by atoms with van der Waals surface area (Å²) >= 11 is 11.8. The minimum absolute atomic E-state index is 0.161. The van der Waals surface area contributed by atoms with E-state index in [2.05, 4.69) is 4.98 Å². The molecule has 0 bridgehead atoms. The Morgan fingerprint density at radius 1 is 1.36 bits per heavy atom. The number of hydrogen-bond donors (Lipinski definition) is 0. The lowest BCUT2D eigenvalue weighted by Gasteiger charge is -2.09. The molecule has 1 atom stereocenters. The molecule has 14 heavy (non-hydrogen) atoms. The first-order chi connectivity index (χ1) is 6.66. The van der Waals surface area contributed by atoms with Crippen molar-refractivity contribution in [1.82, 2.24) is 4.98 Å². The molecule has 2 rings (SSSR count). The summed E-state index contributed by atoms with van der Waals surface area (Å²) < 4.78 is 0. The number of rotatable bonds is 1. The zero-order valence-electron chi connectivity index (χ0n) is 7.46. The van der Waals surface area contributed by atoms with Crippen molar-refractivity contribution < 1.29 is 4.79 Å². The molecule has 1 aliphatic rings. The van der Waals surface area contributed by atoms with Crippen LogP contribution in [0.5, 0.6) is 0 Å². The Bertz CT molecular complexity index is 378. The maximum Gasteiger partial charge on any atom is 0.133 e. The third-order valence-electron chi connectivity index (χ3n) is 2.47. The molecule has 0 amide bonds. The fourth-order valence-corrected chi connectivity index (χ4v) is 2.18. The molecule has 0 N–H and O–H groups in total. The number of halogens is 2. The molecule has 1 unspecified atom stereocenters. The molecule has 4 heteroatoms. The fraction of sp³-hybridized carbons (Fsp3) is 0.400. The lowest BCUT2D eigenvalue weighted by Crippen LogP contribution is -1.99. The topological polar surface area (TPSA) is 30.0 Å². The van der Waals surface area contributed by atoms with E-state index in [-0.39, 0.29) is 11.7 Å². The molecule has 1 aromatic heterocycles. The van der Waals surface area contributed by atoms with E-state index >= 15 is 0 Å². The summed E-state index contributed by atoms with van der Waals surface area (Å²) in [6, 6.07) is 3.39. The highest BCUT2D eigenvalue weighted by Crippen LogP contribution is 2.35. The van der Waals surface area contributed by atoms with Gasteiger partial charge in [-0.15, -0.1) is 0 Å². The monoisotopic (exact) mass is 229 g/mol. The van der Waals surface area contributed by atoms with Gasteiger partial charge in [0, 0.05) is 18.8 Å². The Morgan fingerprint density at radius 2 is 2.14 bits per heavy atom. The van der Waals surface area contributed by atoms with Crippen molar-refractivity contribution in [3.05, 3.63) is 28.0 Å². The molecule has 0 spiro atoms. The molecule has 1 aromatic rings. The van der Waals surface area contributed by atoms with Gasteiger partial charge in [-0.3, -0.25) is 4.79 Å². The van der Waals surface area contributed by atoms with Crippen LogP contribution >= 0.6 is 23.2 Å². The average molecular weight is 230 g/mol. The number of ketones is 1. The molecule has 0 saturated heterocycles. The lowest BCUT2D eigenvalue weighted by molar-refractivity contribution is -0.117. The Labute approximate surface area is 92.2 Å². The Kier molecular flexibility index (Phi) is 2.75. The van der Waals surface area contributed by atoms with Crippen molar-refractivity contribution in [2.75, 3.05) is 0 Å². The van der Waals surface area contributed by atoms with Gasteiger partial charge in [-0.25, -0.2) is 4.98 Å². The number of nitrogens with zero attached hydrogens (tertiary/aromatic N) is 1. The van der Waals surface area contributed by atoms with Crippen molar-refractivity contribution in [2.45, 2.75) is 25.2 Å². The van der Waals surface area contributed by atoms with Gasteiger partial charge in [-0.1, -0.05) is 23.2 Å². The summed E-state index contributed by atoms with van der Waals surface area (Å²) in [5.74, 6) is 0.446. The molecular formula is C10H9Cl2NO. The van der Waals surface area contributed by atoms with Crippen molar-refractivity contribution >= 4 is 29.0 Å².